The van der Waals surface area contributed by atoms with Gasteiger partial charge in [0, 0.05) is 31.9 Å². The lowest BCUT2D eigenvalue weighted by atomic mass is 10.1. The van der Waals surface area contributed by atoms with Crippen molar-refractivity contribution < 1.29 is 22.7 Å². The Kier molecular flexibility index (Phi) is 8.04. The molecule has 3 aromatic rings. The third-order valence-corrected chi connectivity index (χ3v) is 6.13. The van der Waals surface area contributed by atoms with Gasteiger partial charge in [-0.3, -0.25) is 9.69 Å². The number of alkyl halides is 3. The monoisotopic (exact) mass is 500 g/mol. The molecule has 1 saturated heterocycles. The van der Waals surface area contributed by atoms with E-state index in [1.807, 2.05) is 34.9 Å². The fourth-order valence-corrected chi connectivity index (χ4v) is 4.53. The molecule has 0 bridgehead atoms. The van der Waals surface area contributed by atoms with Crippen molar-refractivity contribution in [2.75, 3.05) is 49.5 Å². The van der Waals surface area contributed by atoms with Gasteiger partial charge in [0.2, 0.25) is 5.91 Å². The molecule has 0 aliphatic carbocycles. The number of hydrogen-bond acceptors (Lipinski definition) is 6. The van der Waals surface area contributed by atoms with Crippen LogP contribution in [0.1, 0.15) is 12.5 Å². The Morgan fingerprint density at radius 2 is 1.91 bits per heavy atom. The van der Waals surface area contributed by atoms with Gasteiger partial charge in [0.15, 0.2) is 5.13 Å². The van der Waals surface area contributed by atoms with Crippen molar-refractivity contribution in [2.24, 2.45) is 0 Å². The van der Waals surface area contributed by atoms with E-state index in [1.165, 1.54) is 23.5 Å². The molecule has 2 aromatic carbocycles. The Hall–Kier alpha value is -2.56. The number of ether oxygens (including phenoxy) is 1. The topological polar surface area (TPSA) is 57.7 Å². The van der Waals surface area contributed by atoms with Crippen molar-refractivity contribution in [2.45, 2.75) is 13.1 Å². The van der Waals surface area contributed by atoms with Gasteiger partial charge in [0.05, 0.1) is 28.9 Å². The fourth-order valence-electron chi connectivity index (χ4n) is 3.62. The standard InChI is InChI=1S/C22H23F3N4O2S.ClH/c1-2-31-17-6-7-18-19(13-17)32-21(26-18)27-20(30)14-28-8-10-29(11-9-28)16-5-3-4-15(12-16)22(23,24)25;/h3-7,12-13H,2,8-11,14H2,1H3,(H,26,27,30);1H. The number of hydrogen-bond donors (Lipinski definition) is 1. The van der Waals surface area contributed by atoms with Crippen LogP contribution in [0.25, 0.3) is 10.2 Å². The lowest BCUT2D eigenvalue weighted by Gasteiger charge is -2.35. The highest BCUT2D eigenvalue weighted by atomic mass is 35.5. The maximum Gasteiger partial charge on any atom is 0.416 e. The Morgan fingerprint density at radius 3 is 2.61 bits per heavy atom. The summed E-state index contributed by atoms with van der Waals surface area (Å²) in [5, 5.41) is 3.37. The van der Waals surface area contributed by atoms with E-state index in [4.69, 9.17) is 4.74 Å². The summed E-state index contributed by atoms with van der Waals surface area (Å²) in [6.07, 6.45) is -4.36. The molecule has 11 heteroatoms. The molecular weight excluding hydrogens is 477 g/mol. The van der Waals surface area contributed by atoms with E-state index < -0.39 is 11.7 Å². The van der Waals surface area contributed by atoms with Gasteiger partial charge >= 0.3 is 6.18 Å². The minimum Gasteiger partial charge on any atom is -0.494 e. The van der Waals surface area contributed by atoms with Gasteiger partial charge in [0.1, 0.15) is 5.75 Å². The average molecular weight is 501 g/mol. The van der Waals surface area contributed by atoms with E-state index in [0.717, 1.165) is 22.0 Å². The maximum atomic E-state index is 13.0. The number of nitrogens with zero attached hydrogens (tertiary/aromatic N) is 3. The first-order valence-corrected chi connectivity index (χ1v) is 11.1. The number of anilines is 2. The molecular formula is C22H24ClF3N4O2S. The zero-order valence-electron chi connectivity index (χ0n) is 17.9. The molecule has 0 atom stereocenters. The maximum absolute atomic E-state index is 13.0. The molecule has 1 fully saturated rings. The van der Waals surface area contributed by atoms with Crippen LogP contribution in [-0.4, -0.2) is 55.1 Å². The second kappa shape index (κ2) is 10.6. The summed E-state index contributed by atoms with van der Waals surface area (Å²) in [5.74, 6) is 0.599. The van der Waals surface area contributed by atoms with Gasteiger partial charge in [-0.15, -0.1) is 12.4 Å². The van der Waals surface area contributed by atoms with Gasteiger partial charge in [-0.25, -0.2) is 4.98 Å². The van der Waals surface area contributed by atoms with Gasteiger partial charge in [0.25, 0.3) is 0 Å². The number of fused-ring (bicyclic) bond motifs is 1. The van der Waals surface area contributed by atoms with Crippen molar-refractivity contribution in [1.82, 2.24) is 9.88 Å². The van der Waals surface area contributed by atoms with Gasteiger partial charge in [-0.2, -0.15) is 13.2 Å². The van der Waals surface area contributed by atoms with Crippen LogP contribution in [-0.2, 0) is 11.0 Å². The predicted octanol–water partition coefficient (Wildman–Crippen LogP) is 4.90. The van der Waals surface area contributed by atoms with E-state index in [0.29, 0.717) is 43.6 Å². The van der Waals surface area contributed by atoms with Crippen LogP contribution >= 0.6 is 23.7 Å². The highest BCUT2D eigenvalue weighted by Gasteiger charge is 2.31. The number of piperazine rings is 1. The van der Waals surface area contributed by atoms with E-state index in [2.05, 4.69) is 10.3 Å². The molecule has 0 spiro atoms. The normalized spacial score (nSPS) is 14.7. The van der Waals surface area contributed by atoms with Crippen LogP contribution in [0.4, 0.5) is 24.0 Å². The average Bonchev–Trinajstić information content (AvgIpc) is 3.15. The van der Waals surface area contributed by atoms with E-state index in [1.54, 1.807) is 6.07 Å². The summed E-state index contributed by atoms with van der Waals surface area (Å²) < 4.78 is 45.3. The number of carbonyl (C=O) groups excluding carboxylic acids is 1. The lowest BCUT2D eigenvalue weighted by Crippen LogP contribution is -2.48. The predicted molar refractivity (Wildman–Crippen MR) is 127 cm³/mol. The number of amides is 1. The molecule has 6 nitrogen and oxygen atoms in total. The first-order chi connectivity index (χ1) is 15.3. The number of rotatable bonds is 6. The Balaban J connectivity index is 0.00000306. The van der Waals surface area contributed by atoms with Crippen molar-refractivity contribution in [3.8, 4) is 5.75 Å². The molecule has 1 amide bonds. The number of halogens is 4. The molecule has 33 heavy (non-hydrogen) atoms. The number of benzene rings is 2. The molecule has 4 rings (SSSR count). The number of thiazole rings is 1. The van der Waals surface area contributed by atoms with E-state index in [-0.39, 0.29) is 24.9 Å². The van der Waals surface area contributed by atoms with Crippen LogP contribution in [0.3, 0.4) is 0 Å². The van der Waals surface area contributed by atoms with E-state index in [9.17, 15) is 18.0 Å². The highest BCUT2D eigenvalue weighted by Crippen LogP contribution is 2.32. The molecule has 0 unspecified atom stereocenters. The summed E-state index contributed by atoms with van der Waals surface area (Å²) >= 11 is 1.39. The SMILES string of the molecule is CCOc1ccc2nc(NC(=O)CN3CCN(c4cccc(C(F)(F)F)c4)CC3)sc2c1.Cl. The molecule has 1 N–H and O–H groups in total. The quantitative estimate of drug-likeness (QED) is 0.522. The molecule has 1 aromatic heterocycles. The third-order valence-electron chi connectivity index (χ3n) is 5.20. The highest BCUT2D eigenvalue weighted by molar-refractivity contribution is 7.22. The summed E-state index contributed by atoms with van der Waals surface area (Å²) in [6, 6.07) is 11.0. The van der Waals surface area contributed by atoms with E-state index >= 15 is 0 Å². The number of carbonyl (C=O) groups is 1. The van der Waals surface area contributed by atoms with Crippen LogP contribution < -0.4 is 15.0 Å². The smallest absolute Gasteiger partial charge is 0.416 e. The van der Waals surface area contributed by atoms with Gasteiger partial charge in [-0.05, 0) is 43.3 Å². The van der Waals surface area contributed by atoms with Crippen molar-refractivity contribution in [3.05, 3.63) is 48.0 Å². The lowest BCUT2D eigenvalue weighted by molar-refractivity contribution is -0.137. The molecule has 1 aliphatic heterocycles. The van der Waals surface area contributed by atoms with Crippen molar-refractivity contribution in [3.63, 3.8) is 0 Å². The second-order valence-corrected chi connectivity index (χ2v) is 8.47. The largest absolute Gasteiger partial charge is 0.494 e. The van der Waals surface area contributed by atoms with Crippen molar-refractivity contribution in [1.29, 1.82) is 0 Å². The van der Waals surface area contributed by atoms with Crippen LogP contribution in [0.15, 0.2) is 42.5 Å². The number of nitrogens with one attached hydrogen (secondary N) is 1. The zero-order valence-corrected chi connectivity index (χ0v) is 19.5. The van der Waals surface area contributed by atoms with Crippen molar-refractivity contribution >= 4 is 50.7 Å². The Labute approximate surface area is 199 Å². The Bertz CT molecular complexity index is 1100. The van der Waals surface area contributed by atoms with Crippen LogP contribution in [0, 0.1) is 0 Å². The first-order valence-electron chi connectivity index (χ1n) is 10.3. The molecule has 2 heterocycles. The molecule has 178 valence electrons. The van der Waals surface area contributed by atoms with Gasteiger partial charge < -0.3 is 15.0 Å². The minimum atomic E-state index is -4.36. The summed E-state index contributed by atoms with van der Waals surface area (Å²) in [4.78, 5) is 20.8. The number of aromatic nitrogens is 1. The minimum absolute atomic E-state index is 0. The third kappa shape index (κ3) is 6.27. The fraction of sp³-hybridized carbons (Fsp3) is 0.364. The van der Waals surface area contributed by atoms with Crippen LogP contribution in [0.5, 0.6) is 5.75 Å². The molecule has 0 saturated carbocycles. The summed E-state index contributed by atoms with van der Waals surface area (Å²) in [6.45, 7) is 4.97. The molecule has 1 aliphatic rings. The van der Waals surface area contributed by atoms with Gasteiger partial charge in [-0.1, -0.05) is 17.4 Å². The van der Waals surface area contributed by atoms with Crippen LogP contribution in [0.2, 0.25) is 0 Å². The Morgan fingerprint density at radius 1 is 1.15 bits per heavy atom. The zero-order chi connectivity index (χ0) is 22.7. The summed E-state index contributed by atoms with van der Waals surface area (Å²) in [5.41, 5.74) is 0.689. The summed E-state index contributed by atoms with van der Waals surface area (Å²) in [7, 11) is 0. The second-order valence-electron chi connectivity index (χ2n) is 7.44. The molecule has 0 radical (unpaired) electrons. The first kappa shape index (κ1) is 25.1.